The Morgan fingerprint density at radius 1 is 1.14 bits per heavy atom. The molecule has 1 fully saturated rings. The molecular formula is C24H28N2O3. The lowest BCUT2D eigenvalue weighted by Gasteiger charge is -2.34. The zero-order chi connectivity index (χ0) is 20.1. The van der Waals surface area contributed by atoms with Crippen molar-refractivity contribution in [3.8, 4) is 5.75 Å². The summed E-state index contributed by atoms with van der Waals surface area (Å²) in [4.78, 5) is 15.2. The maximum absolute atomic E-state index is 13.2. The van der Waals surface area contributed by atoms with Gasteiger partial charge in [0.1, 0.15) is 5.75 Å². The summed E-state index contributed by atoms with van der Waals surface area (Å²) in [5.74, 6) is 1.26. The van der Waals surface area contributed by atoms with Crippen LogP contribution in [0.5, 0.6) is 5.75 Å². The number of furan rings is 1. The van der Waals surface area contributed by atoms with Gasteiger partial charge in [0, 0.05) is 24.5 Å². The zero-order valence-electron chi connectivity index (χ0n) is 16.9. The second-order valence-corrected chi connectivity index (χ2v) is 7.68. The van der Waals surface area contributed by atoms with E-state index >= 15 is 0 Å². The molecule has 2 heterocycles. The van der Waals surface area contributed by atoms with E-state index in [1.54, 1.807) is 25.5 Å². The van der Waals surface area contributed by atoms with Gasteiger partial charge in [-0.1, -0.05) is 31.4 Å². The van der Waals surface area contributed by atoms with Gasteiger partial charge in [0.2, 0.25) is 0 Å². The molecule has 152 valence electrons. The highest BCUT2D eigenvalue weighted by atomic mass is 16.5. The van der Waals surface area contributed by atoms with Crippen molar-refractivity contribution >= 4 is 5.91 Å². The number of carbonyl (C=O) groups excluding carboxylic acids is 1. The molecule has 0 unspecified atom stereocenters. The monoisotopic (exact) mass is 392 g/mol. The third-order valence-corrected chi connectivity index (χ3v) is 5.75. The molecule has 2 aromatic heterocycles. The third-order valence-electron chi connectivity index (χ3n) is 5.75. The average Bonchev–Trinajstić information content (AvgIpc) is 3.45. The van der Waals surface area contributed by atoms with E-state index in [-0.39, 0.29) is 11.9 Å². The van der Waals surface area contributed by atoms with E-state index in [1.165, 1.54) is 24.8 Å². The van der Waals surface area contributed by atoms with E-state index in [2.05, 4.69) is 29.0 Å². The Kier molecular flexibility index (Phi) is 6.03. The number of benzene rings is 1. The predicted octanol–water partition coefficient (Wildman–Crippen LogP) is 5.11. The number of nitrogens with zero attached hydrogens (tertiary/aromatic N) is 2. The SMILES string of the molecule is COc1cccc(Cn2cccc2CN(C(=O)c2ccco2)C2CCCCC2)c1. The van der Waals surface area contributed by atoms with Gasteiger partial charge >= 0.3 is 0 Å². The molecule has 5 nitrogen and oxygen atoms in total. The Hall–Kier alpha value is -2.95. The van der Waals surface area contributed by atoms with Crippen LogP contribution in [0.15, 0.2) is 65.4 Å². The summed E-state index contributed by atoms with van der Waals surface area (Å²) in [5, 5.41) is 0. The van der Waals surface area contributed by atoms with Crippen molar-refractivity contribution in [1.29, 1.82) is 0 Å². The fraction of sp³-hybridized carbons (Fsp3) is 0.375. The Labute approximate surface area is 171 Å². The van der Waals surface area contributed by atoms with Crippen LogP contribution in [0.1, 0.15) is 53.9 Å². The van der Waals surface area contributed by atoms with E-state index in [9.17, 15) is 4.79 Å². The van der Waals surface area contributed by atoms with Gasteiger partial charge in [-0.25, -0.2) is 0 Å². The van der Waals surface area contributed by atoms with Gasteiger partial charge in [-0.3, -0.25) is 4.79 Å². The van der Waals surface area contributed by atoms with Gasteiger partial charge in [0.25, 0.3) is 5.91 Å². The molecule has 4 rings (SSSR count). The zero-order valence-corrected chi connectivity index (χ0v) is 16.9. The highest BCUT2D eigenvalue weighted by molar-refractivity contribution is 5.91. The van der Waals surface area contributed by atoms with Crippen LogP contribution < -0.4 is 4.74 Å². The van der Waals surface area contributed by atoms with Crippen LogP contribution in [0.25, 0.3) is 0 Å². The normalized spacial score (nSPS) is 14.7. The molecule has 1 saturated carbocycles. The van der Waals surface area contributed by atoms with Crippen LogP contribution in [-0.2, 0) is 13.1 Å². The smallest absolute Gasteiger partial charge is 0.290 e. The number of rotatable bonds is 7. The number of hydrogen-bond donors (Lipinski definition) is 0. The lowest BCUT2D eigenvalue weighted by molar-refractivity contribution is 0.0576. The van der Waals surface area contributed by atoms with Crippen molar-refractivity contribution in [1.82, 2.24) is 9.47 Å². The van der Waals surface area contributed by atoms with Crippen LogP contribution in [0.3, 0.4) is 0 Å². The van der Waals surface area contributed by atoms with Crippen LogP contribution in [-0.4, -0.2) is 28.5 Å². The first-order chi connectivity index (χ1) is 14.2. The van der Waals surface area contributed by atoms with Gasteiger partial charge in [-0.15, -0.1) is 0 Å². The van der Waals surface area contributed by atoms with Gasteiger partial charge in [0.15, 0.2) is 5.76 Å². The largest absolute Gasteiger partial charge is 0.497 e. The van der Waals surface area contributed by atoms with Crippen molar-refractivity contribution in [3.05, 3.63) is 78.0 Å². The minimum absolute atomic E-state index is 0.0176. The third kappa shape index (κ3) is 4.56. The molecule has 0 bridgehead atoms. The number of aromatic nitrogens is 1. The summed E-state index contributed by atoms with van der Waals surface area (Å²) in [6, 6.07) is 16.1. The van der Waals surface area contributed by atoms with Crippen LogP contribution in [0.2, 0.25) is 0 Å². The van der Waals surface area contributed by atoms with E-state index in [1.807, 2.05) is 23.1 Å². The van der Waals surface area contributed by atoms with Crippen molar-refractivity contribution in [2.75, 3.05) is 7.11 Å². The van der Waals surface area contributed by atoms with Crippen LogP contribution >= 0.6 is 0 Å². The van der Waals surface area contributed by atoms with Gasteiger partial charge in [-0.05, 0) is 54.8 Å². The summed E-state index contributed by atoms with van der Waals surface area (Å²) in [7, 11) is 1.68. The van der Waals surface area contributed by atoms with E-state index < -0.39 is 0 Å². The highest BCUT2D eigenvalue weighted by Crippen LogP contribution is 2.26. The fourth-order valence-electron chi connectivity index (χ4n) is 4.19. The highest BCUT2D eigenvalue weighted by Gasteiger charge is 2.28. The maximum atomic E-state index is 13.2. The molecule has 1 aliphatic carbocycles. The Balaban J connectivity index is 1.56. The quantitative estimate of drug-likeness (QED) is 0.561. The summed E-state index contributed by atoms with van der Waals surface area (Å²) in [5.41, 5.74) is 2.29. The first-order valence-electron chi connectivity index (χ1n) is 10.4. The van der Waals surface area contributed by atoms with E-state index in [0.29, 0.717) is 12.3 Å². The molecule has 0 N–H and O–H groups in total. The molecule has 5 heteroatoms. The van der Waals surface area contributed by atoms with Crippen molar-refractivity contribution in [2.24, 2.45) is 0 Å². The van der Waals surface area contributed by atoms with Crippen LogP contribution in [0, 0.1) is 0 Å². The predicted molar refractivity (Wildman–Crippen MR) is 112 cm³/mol. The van der Waals surface area contributed by atoms with Gasteiger partial charge in [0.05, 0.1) is 19.9 Å². The molecule has 0 radical (unpaired) electrons. The summed E-state index contributed by atoms with van der Waals surface area (Å²) >= 11 is 0. The fourth-order valence-corrected chi connectivity index (χ4v) is 4.19. The maximum Gasteiger partial charge on any atom is 0.290 e. The Morgan fingerprint density at radius 2 is 2.00 bits per heavy atom. The molecule has 1 amide bonds. The van der Waals surface area contributed by atoms with Crippen molar-refractivity contribution in [3.63, 3.8) is 0 Å². The Bertz CT molecular complexity index is 923. The number of carbonyl (C=O) groups is 1. The molecule has 29 heavy (non-hydrogen) atoms. The van der Waals surface area contributed by atoms with Crippen molar-refractivity contribution < 1.29 is 13.9 Å². The molecule has 1 aliphatic rings. The average molecular weight is 392 g/mol. The lowest BCUT2D eigenvalue weighted by Crippen LogP contribution is -2.41. The second kappa shape index (κ2) is 9.03. The molecular weight excluding hydrogens is 364 g/mol. The Morgan fingerprint density at radius 3 is 2.76 bits per heavy atom. The molecule has 3 aromatic rings. The summed E-state index contributed by atoms with van der Waals surface area (Å²) in [6.45, 7) is 1.33. The van der Waals surface area contributed by atoms with Crippen molar-refractivity contribution in [2.45, 2.75) is 51.2 Å². The second-order valence-electron chi connectivity index (χ2n) is 7.68. The van der Waals surface area contributed by atoms with E-state index in [0.717, 1.165) is 30.8 Å². The molecule has 0 atom stereocenters. The lowest BCUT2D eigenvalue weighted by atomic mass is 9.94. The molecule has 1 aromatic carbocycles. The molecule has 0 aliphatic heterocycles. The number of methoxy groups -OCH3 is 1. The number of ether oxygens (including phenoxy) is 1. The van der Waals surface area contributed by atoms with E-state index in [4.69, 9.17) is 9.15 Å². The van der Waals surface area contributed by atoms with Crippen LogP contribution in [0.4, 0.5) is 0 Å². The minimum Gasteiger partial charge on any atom is -0.497 e. The minimum atomic E-state index is -0.0176. The number of hydrogen-bond acceptors (Lipinski definition) is 3. The molecule has 0 saturated heterocycles. The number of amides is 1. The topological polar surface area (TPSA) is 47.6 Å². The van der Waals surface area contributed by atoms with Gasteiger partial charge in [-0.2, -0.15) is 0 Å². The standard InChI is InChI=1S/C24H28N2O3/c1-28-22-12-5-8-19(16-22)17-25-14-6-11-21(25)18-26(20-9-3-2-4-10-20)24(27)23-13-7-15-29-23/h5-8,11-16,20H,2-4,9-10,17-18H2,1H3. The first-order valence-corrected chi connectivity index (χ1v) is 10.4. The summed E-state index contributed by atoms with van der Waals surface area (Å²) in [6.07, 6.45) is 9.37. The first kappa shape index (κ1) is 19.4. The van der Waals surface area contributed by atoms with Gasteiger partial charge < -0.3 is 18.6 Å². The summed E-state index contributed by atoms with van der Waals surface area (Å²) < 4.78 is 13.0. The molecule has 0 spiro atoms.